The first-order chi connectivity index (χ1) is 7.80. The summed E-state index contributed by atoms with van der Waals surface area (Å²) in [6.45, 7) is 6.81. The fourth-order valence-corrected chi connectivity index (χ4v) is 2.38. The van der Waals surface area contributed by atoms with Crippen molar-refractivity contribution in [3.63, 3.8) is 0 Å². The fourth-order valence-electron chi connectivity index (χ4n) is 2.38. The maximum Gasteiger partial charge on any atom is 0.0465 e. The van der Waals surface area contributed by atoms with Gasteiger partial charge < -0.3 is 10.0 Å². The summed E-state index contributed by atoms with van der Waals surface area (Å²) in [7, 11) is 0. The maximum atomic E-state index is 9.05. The zero-order valence-corrected chi connectivity index (χ0v) is 10.2. The molecule has 2 nitrogen and oxygen atoms in total. The molecule has 0 unspecified atom stereocenters. The highest BCUT2D eigenvalue weighted by atomic mass is 16.3. The van der Waals surface area contributed by atoms with Crippen LogP contribution in [-0.4, -0.2) is 24.8 Å². The van der Waals surface area contributed by atoms with Gasteiger partial charge in [0.25, 0.3) is 0 Å². The number of benzene rings is 1. The van der Waals surface area contributed by atoms with Crippen molar-refractivity contribution < 1.29 is 5.11 Å². The largest absolute Gasteiger partial charge is 0.396 e. The Morgan fingerprint density at radius 2 is 1.81 bits per heavy atom. The standard InChI is InChI=1S/C14H21NO/c1-3-15(4-2)13-7-5-11(6-8-13)14-9-12(14)10-16/h5-8,12,14,16H,3-4,9-10H2,1-2H3/t12-,14-/m1/s1. The lowest BCUT2D eigenvalue weighted by atomic mass is 10.1. The summed E-state index contributed by atoms with van der Waals surface area (Å²) < 4.78 is 0. The van der Waals surface area contributed by atoms with Crippen molar-refractivity contribution in [3.05, 3.63) is 29.8 Å². The normalized spacial score (nSPS) is 23.2. The smallest absolute Gasteiger partial charge is 0.0465 e. The molecular weight excluding hydrogens is 198 g/mol. The van der Waals surface area contributed by atoms with E-state index in [0.29, 0.717) is 18.4 Å². The van der Waals surface area contributed by atoms with E-state index in [1.54, 1.807) is 0 Å². The van der Waals surface area contributed by atoms with Crippen LogP contribution < -0.4 is 4.90 Å². The Balaban J connectivity index is 2.05. The summed E-state index contributed by atoms with van der Waals surface area (Å²) in [5.41, 5.74) is 2.69. The molecule has 16 heavy (non-hydrogen) atoms. The molecule has 1 saturated carbocycles. The molecule has 2 atom stereocenters. The molecule has 0 radical (unpaired) electrons. The fraction of sp³-hybridized carbons (Fsp3) is 0.571. The van der Waals surface area contributed by atoms with Gasteiger partial charge in [0.05, 0.1) is 0 Å². The SMILES string of the molecule is CCN(CC)c1ccc([C@H]2C[C@@H]2CO)cc1. The lowest BCUT2D eigenvalue weighted by molar-refractivity contribution is 0.274. The number of nitrogens with zero attached hydrogens (tertiary/aromatic N) is 1. The number of aliphatic hydroxyl groups is 1. The first-order valence-corrected chi connectivity index (χ1v) is 6.25. The van der Waals surface area contributed by atoms with E-state index in [0.717, 1.165) is 19.5 Å². The van der Waals surface area contributed by atoms with E-state index in [9.17, 15) is 0 Å². The topological polar surface area (TPSA) is 23.5 Å². The highest BCUT2D eigenvalue weighted by Gasteiger charge is 2.37. The van der Waals surface area contributed by atoms with Crippen LogP contribution in [0.15, 0.2) is 24.3 Å². The van der Waals surface area contributed by atoms with Gasteiger partial charge in [-0.15, -0.1) is 0 Å². The predicted molar refractivity (Wildman–Crippen MR) is 67.9 cm³/mol. The maximum absolute atomic E-state index is 9.05. The minimum atomic E-state index is 0.336. The van der Waals surface area contributed by atoms with Crippen molar-refractivity contribution >= 4 is 5.69 Å². The average Bonchev–Trinajstić information content (AvgIpc) is 3.11. The Morgan fingerprint density at radius 3 is 2.25 bits per heavy atom. The van der Waals surface area contributed by atoms with Gasteiger partial charge in [-0.2, -0.15) is 0 Å². The number of hydrogen-bond donors (Lipinski definition) is 1. The Morgan fingerprint density at radius 1 is 1.19 bits per heavy atom. The van der Waals surface area contributed by atoms with Gasteiger partial charge in [0.2, 0.25) is 0 Å². The Labute approximate surface area is 97.9 Å². The van der Waals surface area contributed by atoms with Gasteiger partial charge in [-0.1, -0.05) is 12.1 Å². The first kappa shape index (κ1) is 11.5. The molecule has 2 rings (SSSR count). The zero-order chi connectivity index (χ0) is 11.5. The molecule has 0 bridgehead atoms. The zero-order valence-electron chi connectivity index (χ0n) is 10.2. The first-order valence-electron chi connectivity index (χ1n) is 6.25. The van der Waals surface area contributed by atoms with Crippen molar-refractivity contribution in [3.8, 4) is 0 Å². The molecule has 0 aliphatic heterocycles. The molecule has 0 aromatic heterocycles. The van der Waals surface area contributed by atoms with E-state index in [1.165, 1.54) is 11.3 Å². The lowest BCUT2D eigenvalue weighted by Gasteiger charge is -2.21. The molecule has 1 aromatic carbocycles. The average molecular weight is 219 g/mol. The number of aliphatic hydroxyl groups excluding tert-OH is 1. The van der Waals surface area contributed by atoms with E-state index < -0.39 is 0 Å². The molecule has 2 heteroatoms. The van der Waals surface area contributed by atoms with Crippen LogP contribution in [0.25, 0.3) is 0 Å². The van der Waals surface area contributed by atoms with Gasteiger partial charge in [-0.25, -0.2) is 0 Å². The molecule has 1 N–H and O–H groups in total. The predicted octanol–water partition coefficient (Wildman–Crippen LogP) is 2.63. The van der Waals surface area contributed by atoms with Gasteiger partial charge in [-0.05, 0) is 49.8 Å². The molecule has 1 aromatic rings. The summed E-state index contributed by atoms with van der Waals surface area (Å²) in [5, 5.41) is 9.05. The molecule has 0 saturated heterocycles. The number of hydrogen-bond acceptors (Lipinski definition) is 2. The van der Waals surface area contributed by atoms with E-state index in [1.807, 2.05) is 0 Å². The third-order valence-corrected chi connectivity index (χ3v) is 3.61. The molecule has 1 aliphatic carbocycles. The second-order valence-electron chi connectivity index (χ2n) is 4.55. The highest BCUT2D eigenvalue weighted by Crippen LogP contribution is 2.47. The van der Waals surface area contributed by atoms with Crippen LogP contribution in [0.1, 0.15) is 31.7 Å². The molecule has 1 fully saturated rings. The van der Waals surface area contributed by atoms with Crippen molar-refractivity contribution in [1.29, 1.82) is 0 Å². The van der Waals surface area contributed by atoms with Crippen molar-refractivity contribution in [2.75, 3.05) is 24.6 Å². The minimum absolute atomic E-state index is 0.336. The van der Waals surface area contributed by atoms with E-state index >= 15 is 0 Å². The third kappa shape index (κ3) is 2.22. The second-order valence-corrected chi connectivity index (χ2v) is 4.55. The monoisotopic (exact) mass is 219 g/mol. The molecule has 0 amide bonds. The summed E-state index contributed by atoms with van der Waals surface area (Å²) in [5.74, 6) is 1.12. The van der Waals surface area contributed by atoms with E-state index in [2.05, 4.69) is 43.0 Å². The second kappa shape index (κ2) is 4.88. The summed E-state index contributed by atoms with van der Waals surface area (Å²) in [6, 6.07) is 8.84. The van der Waals surface area contributed by atoms with E-state index in [4.69, 9.17) is 5.11 Å². The highest BCUT2D eigenvalue weighted by molar-refractivity contribution is 5.48. The molecule has 1 aliphatic rings. The van der Waals surface area contributed by atoms with Crippen LogP contribution in [-0.2, 0) is 0 Å². The quantitative estimate of drug-likeness (QED) is 0.823. The molecule has 0 spiro atoms. The number of anilines is 1. The minimum Gasteiger partial charge on any atom is -0.396 e. The van der Waals surface area contributed by atoms with Gasteiger partial charge >= 0.3 is 0 Å². The molecular formula is C14H21NO. The van der Waals surface area contributed by atoms with Gasteiger partial charge in [-0.3, -0.25) is 0 Å². The van der Waals surface area contributed by atoms with Crippen molar-refractivity contribution in [1.82, 2.24) is 0 Å². The van der Waals surface area contributed by atoms with Crippen LogP contribution in [0.4, 0.5) is 5.69 Å². The molecule has 0 heterocycles. The Hall–Kier alpha value is -1.02. The van der Waals surface area contributed by atoms with Gasteiger partial charge in [0, 0.05) is 25.4 Å². The number of rotatable bonds is 5. The Bertz CT molecular complexity index is 329. The summed E-state index contributed by atoms with van der Waals surface area (Å²) in [4.78, 5) is 2.35. The van der Waals surface area contributed by atoms with Gasteiger partial charge in [0.15, 0.2) is 0 Å². The third-order valence-electron chi connectivity index (χ3n) is 3.61. The lowest BCUT2D eigenvalue weighted by Crippen LogP contribution is -2.21. The van der Waals surface area contributed by atoms with Crippen LogP contribution in [0.3, 0.4) is 0 Å². The van der Waals surface area contributed by atoms with Crippen LogP contribution >= 0.6 is 0 Å². The van der Waals surface area contributed by atoms with Crippen LogP contribution in [0, 0.1) is 5.92 Å². The summed E-state index contributed by atoms with van der Waals surface area (Å²) in [6.07, 6.45) is 1.15. The van der Waals surface area contributed by atoms with Crippen LogP contribution in [0.2, 0.25) is 0 Å². The van der Waals surface area contributed by atoms with Crippen molar-refractivity contribution in [2.24, 2.45) is 5.92 Å². The molecule has 88 valence electrons. The van der Waals surface area contributed by atoms with Crippen molar-refractivity contribution in [2.45, 2.75) is 26.2 Å². The van der Waals surface area contributed by atoms with Crippen LogP contribution in [0.5, 0.6) is 0 Å². The van der Waals surface area contributed by atoms with E-state index in [-0.39, 0.29) is 0 Å². The van der Waals surface area contributed by atoms with Gasteiger partial charge in [0.1, 0.15) is 0 Å². The Kier molecular flexibility index (Phi) is 3.49. The summed E-state index contributed by atoms with van der Waals surface area (Å²) >= 11 is 0.